The molecule has 164 valence electrons. The zero-order valence-electron chi connectivity index (χ0n) is 18.6. The smallest absolute Gasteiger partial charge is 0.330 e. The summed E-state index contributed by atoms with van der Waals surface area (Å²) in [5.41, 5.74) is 2.97. The average molecular weight is 415 g/mol. The monoisotopic (exact) mass is 414 g/mol. The average Bonchev–Trinajstić information content (AvgIpc) is 2.68. The summed E-state index contributed by atoms with van der Waals surface area (Å²) < 4.78 is 16.4. The Morgan fingerprint density at radius 3 is 2.37 bits per heavy atom. The van der Waals surface area contributed by atoms with Gasteiger partial charge in [-0.25, -0.2) is 9.59 Å². The zero-order valence-corrected chi connectivity index (χ0v) is 18.6. The van der Waals surface area contributed by atoms with Gasteiger partial charge in [0, 0.05) is 12.2 Å². The summed E-state index contributed by atoms with van der Waals surface area (Å²) in [6, 6.07) is 8.01. The lowest BCUT2D eigenvalue weighted by atomic mass is 9.82. The lowest BCUT2D eigenvalue weighted by Crippen LogP contribution is -2.31. The first-order valence-electron chi connectivity index (χ1n) is 10.8. The fourth-order valence-corrected chi connectivity index (χ4v) is 3.63. The van der Waals surface area contributed by atoms with E-state index < -0.39 is 0 Å². The highest BCUT2D eigenvalue weighted by atomic mass is 16.5. The maximum Gasteiger partial charge on any atom is 0.330 e. The number of ether oxygens (including phenoxy) is 3. The lowest BCUT2D eigenvalue weighted by molar-refractivity contribution is -0.147. The molecule has 5 nitrogen and oxygen atoms in total. The summed E-state index contributed by atoms with van der Waals surface area (Å²) in [7, 11) is 0. The minimum absolute atomic E-state index is 0.0200. The van der Waals surface area contributed by atoms with Crippen LogP contribution in [0.4, 0.5) is 0 Å². The standard InChI is InChI=1S/C25H34O5/c1-5-28-24(26)15-19(4)17-29-22-12-10-20(11-13-22)16-21-8-6-7-9-23(21)30-25(27)14-18(2)3/h10-15,21,23H,5-9,16-17H2,1-4H3/b19-15+/t21-,23-/m0/s1. The quantitative estimate of drug-likeness (QED) is 0.411. The van der Waals surface area contributed by atoms with Gasteiger partial charge in [0.05, 0.1) is 6.61 Å². The Bertz CT molecular complexity index is 756. The number of carbonyl (C=O) groups is 2. The van der Waals surface area contributed by atoms with Gasteiger partial charge in [-0.3, -0.25) is 0 Å². The number of hydrogen-bond donors (Lipinski definition) is 0. The van der Waals surface area contributed by atoms with E-state index in [0.29, 0.717) is 19.1 Å². The maximum absolute atomic E-state index is 12.0. The predicted octanol–water partition coefficient (Wildman–Crippen LogP) is 5.19. The van der Waals surface area contributed by atoms with Gasteiger partial charge in [0.15, 0.2) is 0 Å². The Kier molecular flexibility index (Phi) is 9.65. The summed E-state index contributed by atoms with van der Waals surface area (Å²) in [6.45, 7) is 8.12. The van der Waals surface area contributed by atoms with E-state index in [9.17, 15) is 9.59 Å². The Balaban J connectivity index is 1.90. The van der Waals surface area contributed by atoms with Crippen molar-refractivity contribution < 1.29 is 23.8 Å². The van der Waals surface area contributed by atoms with E-state index in [1.165, 1.54) is 18.1 Å². The molecule has 0 spiro atoms. The molecule has 1 aromatic carbocycles. The predicted molar refractivity (Wildman–Crippen MR) is 117 cm³/mol. The fourth-order valence-electron chi connectivity index (χ4n) is 3.63. The van der Waals surface area contributed by atoms with Gasteiger partial charge >= 0.3 is 11.9 Å². The van der Waals surface area contributed by atoms with Crippen LogP contribution in [0.3, 0.4) is 0 Å². The van der Waals surface area contributed by atoms with Crippen molar-refractivity contribution in [3.8, 4) is 5.75 Å². The molecule has 0 radical (unpaired) electrons. The molecule has 0 aliphatic heterocycles. The Labute approximate surface area is 180 Å². The second-order valence-electron chi connectivity index (χ2n) is 8.12. The first-order valence-corrected chi connectivity index (χ1v) is 10.8. The van der Waals surface area contributed by atoms with E-state index in [0.717, 1.165) is 42.6 Å². The molecule has 0 unspecified atom stereocenters. The van der Waals surface area contributed by atoms with Crippen LogP contribution in [0, 0.1) is 5.92 Å². The van der Waals surface area contributed by atoms with Gasteiger partial charge in [-0.05, 0) is 82.6 Å². The minimum atomic E-state index is -0.346. The van der Waals surface area contributed by atoms with Crippen molar-refractivity contribution in [3.63, 3.8) is 0 Å². The molecule has 1 fully saturated rings. The van der Waals surface area contributed by atoms with Crippen molar-refractivity contribution >= 4 is 11.9 Å². The number of benzene rings is 1. The second kappa shape index (κ2) is 12.2. The van der Waals surface area contributed by atoms with Crippen LogP contribution >= 0.6 is 0 Å². The molecule has 1 aromatic rings. The fraction of sp³-hybridized carbons (Fsp3) is 0.520. The Morgan fingerprint density at radius 1 is 1.00 bits per heavy atom. The van der Waals surface area contributed by atoms with E-state index in [1.54, 1.807) is 13.0 Å². The highest BCUT2D eigenvalue weighted by Gasteiger charge is 2.28. The molecule has 0 saturated heterocycles. The highest BCUT2D eigenvalue weighted by molar-refractivity contribution is 5.83. The SMILES string of the molecule is CCOC(=O)/C=C(\C)COc1ccc(C[C@@H]2CCCC[C@@H]2OC(=O)C=C(C)C)cc1. The molecule has 5 heteroatoms. The van der Waals surface area contributed by atoms with Gasteiger partial charge in [-0.15, -0.1) is 0 Å². The van der Waals surface area contributed by atoms with Crippen LogP contribution in [-0.2, 0) is 25.5 Å². The highest BCUT2D eigenvalue weighted by Crippen LogP contribution is 2.30. The summed E-state index contributed by atoms with van der Waals surface area (Å²) >= 11 is 0. The third kappa shape index (κ3) is 8.44. The molecule has 2 rings (SSSR count). The molecule has 0 N–H and O–H groups in total. The van der Waals surface area contributed by atoms with Crippen LogP contribution in [-0.4, -0.2) is 31.3 Å². The largest absolute Gasteiger partial charge is 0.489 e. The van der Waals surface area contributed by atoms with Crippen molar-refractivity contribution in [2.24, 2.45) is 5.92 Å². The minimum Gasteiger partial charge on any atom is -0.489 e. The van der Waals surface area contributed by atoms with Gasteiger partial charge in [0.2, 0.25) is 0 Å². The first-order chi connectivity index (χ1) is 14.4. The third-order valence-corrected chi connectivity index (χ3v) is 5.05. The van der Waals surface area contributed by atoms with E-state index in [4.69, 9.17) is 14.2 Å². The van der Waals surface area contributed by atoms with Crippen LogP contribution in [0.5, 0.6) is 5.75 Å². The maximum atomic E-state index is 12.0. The molecule has 0 bridgehead atoms. The summed E-state index contributed by atoms with van der Waals surface area (Å²) in [5.74, 6) is 0.517. The molecule has 1 aliphatic carbocycles. The topological polar surface area (TPSA) is 61.8 Å². The van der Waals surface area contributed by atoms with Crippen molar-refractivity contribution in [1.82, 2.24) is 0 Å². The zero-order chi connectivity index (χ0) is 21.9. The van der Waals surface area contributed by atoms with Gasteiger partial charge in [-0.2, -0.15) is 0 Å². The summed E-state index contributed by atoms with van der Waals surface area (Å²) in [5, 5.41) is 0. The molecule has 2 atom stereocenters. The van der Waals surface area contributed by atoms with Gasteiger partial charge in [-0.1, -0.05) is 24.1 Å². The summed E-state index contributed by atoms with van der Waals surface area (Å²) in [6.07, 6.45) is 8.17. The molecular weight excluding hydrogens is 380 g/mol. The number of esters is 2. The van der Waals surface area contributed by atoms with Gasteiger partial charge in [0.25, 0.3) is 0 Å². The molecule has 30 heavy (non-hydrogen) atoms. The first kappa shape index (κ1) is 23.7. The Morgan fingerprint density at radius 2 is 1.70 bits per heavy atom. The van der Waals surface area contributed by atoms with Crippen molar-refractivity contribution in [1.29, 1.82) is 0 Å². The molecular formula is C25H34O5. The second-order valence-corrected chi connectivity index (χ2v) is 8.12. The van der Waals surface area contributed by atoms with Crippen molar-refractivity contribution in [2.45, 2.75) is 65.9 Å². The number of allylic oxidation sites excluding steroid dienone is 1. The lowest BCUT2D eigenvalue weighted by Gasteiger charge is -2.31. The van der Waals surface area contributed by atoms with Gasteiger partial charge < -0.3 is 14.2 Å². The van der Waals surface area contributed by atoms with Crippen LogP contribution in [0.1, 0.15) is 58.9 Å². The normalized spacial score (nSPS) is 19.0. The van der Waals surface area contributed by atoms with Crippen LogP contribution in [0.2, 0.25) is 0 Å². The number of rotatable bonds is 9. The van der Waals surface area contributed by atoms with Crippen LogP contribution in [0.25, 0.3) is 0 Å². The van der Waals surface area contributed by atoms with Crippen LogP contribution in [0.15, 0.2) is 47.6 Å². The van der Waals surface area contributed by atoms with Crippen molar-refractivity contribution in [3.05, 3.63) is 53.1 Å². The van der Waals surface area contributed by atoms with Crippen molar-refractivity contribution in [2.75, 3.05) is 13.2 Å². The van der Waals surface area contributed by atoms with E-state index in [-0.39, 0.29) is 18.0 Å². The molecule has 1 aliphatic rings. The molecule has 0 amide bonds. The van der Waals surface area contributed by atoms with Crippen LogP contribution < -0.4 is 4.74 Å². The third-order valence-electron chi connectivity index (χ3n) is 5.05. The number of hydrogen-bond acceptors (Lipinski definition) is 5. The molecule has 0 aromatic heterocycles. The molecule has 1 saturated carbocycles. The Hall–Kier alpha value is -2.56. The van der Waals surface area contributed by atoms with Gasteiger partial charge in [0.1, 0.15) is 18.5 Å². The molecule has 0 heterocycles. The van der Waals surface area contributed by atoms with E-state index in [2.05, 4.69) is 12.1 Å². The summed E-state index contributed by atoms with van der Waals surface area (Å²) in [4.78, 5) is 23.5. The van der Waals surface area contributed by atoms with E-state index in [1.807, 2.05) is 32.9 Å². The van der Waals surface area contributed by atoms with E-state index >= 15 is 0 Å². The number of carbonyl (C=O) groups excluding carboxylic acids is 2.